The van der Waals surface area contributed by atoms with Crippen LogP contribution in [0.25, 0.3) is 0 Å². The van der Waals surface area contributed by atoms with Crippen LogP contribution >= 0.6 is 11.6 Å². The zero-order chi connectivity index (χ0) is 21.6. The average molecular weight is 447 g/mol. The van der Waals surface area contributed by atoms with Gasteiger partial charge < -0.3 is 5.32 Å². The highest BCUT2D eigenvalue weighted by Gasteiger charge is 2.26. The predicted molar refractivity (Wildman–Crippen MR) is 118 cm³/mol. The number of aryl methyl sites for hydroxylation is 1. The Morgan fingerprint density at radius 1 is 1.17 bits per heavy atom. The van der Waals surface area contributed by atoms with E-state index in [1.165, 1.54) is 16.4 Å². The third-order valence-corrected chi connectivity index (χ3v) is 6.85. The molecule has 0 aliphatic heterocycles. The first-order valence-electron chi connectivity index (χ1n) is 9.56. The van der Waals surface area contributed by atoms with E-state index in [0.29, 0.717) is 24.3 Å². The van der Waals surface area contributed by atoms with E-state index in [2.05, 4.69) is 10.4 Å². The first-order valence-corrected chi connectivity index (χ1v) is 11.4. The molecule has 30 heavy (non-hydrogen) atoms. The first-order chi connectivity index (χ1) is 14.4. The average Bonchev–Trinajstić information content (AvgIpc) is 3.24. The molecule has 0 radical (unpaired) electrons. The highest BCUT2D eigenvalue weighted by molar-refractivity contribution is 7.93. The number of rotatable bonds is 9. The molecular formula is C21H23ClN4O3S. The van der Waals surface area contributed by atoms with E-state index >= 15 is 0 Å². The third kappa shape index (κ3) is 5.20. The second-order valence-electron chi connectivity index (χ2n) is 6.57. The summed E-state index contributed by atoms with van der Waals surface area (Å²) >= 11 is 6.22. The maximum absolute atomic E-state index is 13.2. The van der Waals surface area contributed by atoms with Crippen molar-refractivity contribution >= 4 is 38.9 Å². The van der Waals surface area contributed by atoms with Gasteiger partial charge in [-0.1, -0.05) is 29.8 Å². The van der Waals surface area contributed by atoms with Crippen LogP contribution in [-0.4, -0.2) is 30.7 Å². The Morgan fingerprint density at radius 3 is 2.60 bits per heavy atom. The summed E-state index contributed by atoms with van der Waals surface area (Å²) in [5.41, 5.74) is 0.926. The largest absolute Gasteiger partial charge is 0.326 e. The summed E-state index contributed by atoms with van der Waals surface area (Å²) in [6, 6.07) is 15.1. The number of sulfonamides is 1. The SMILES string of the molecule is CCN(c1ccccc1)S(=O)(=O)c1cc(NC(=O)CCCn2cccn2)ccc1Cl. The summed E-state index contributed by atoms with van der Waals surface area (Å²) in [6.07, 6.45) is 4.42. The summed E-state index contributed by atoms with van der Waals surface area (Å²) < 4.78 is 29.5. The lowest BCUT2D eigenvalue weighted by atomic mass is 10.2. The summed E-state index contributed by atoms with van der Waals surface area (Å²) in [5.74, 6) is -0.205. The van der Waals surface area contributed by atoms with E-state index in [0.717, 1.165) is 0 Å². The third-order valence-electron chi connectivity index (χ3n) is 4.46. The molecule has 0 fully saturated rings. The van der Waals surface area contributed by atoms with Crippen molar-refractivity contribution in [3.05, 3.63) is 72.0 Å². The number of aromatic nitrogens is 2. The van der Waals surface area contributed by atoms with Crippen LogP contribution in [0.1, 0.15) is 19.8 Å². The molecule has 9 heteroatoms. The van der Waals surface area contributed by atoms with Crippen molar-refractivity contribution in [2.24, 2.45) is 0 Å². The van der Waals surface area contributed by atoms with E-state index < -0.39 is 10.0 Å². The van der Waals surface area contributed by atoms with Crippen molar-refractivity contribution in [3.8, 4) is 0 Å². The van der Waals surface area contributed by atoms with Crippen molar-refractivity contribution in [3.63, 3.8) is 0 Å². The van der Waals surface area contributed by atoms with Gasteiger partial charge in [-0.05, 0) is 49.7 Å². The number of halogens is 1. The number of carbonyl (C=O) groups excluding carboxylic acids is 1. The maximum Gasteiger partial charge on any atom is 0.265 e. The molecule has 0 atom stereocenters. The van der Waals surface area contributed by atoms with Crippen molar-refractivity contribution in [2.75, 3.05) is 16.2 Å². The molecule has 0 bridgehead atoms. The van der Waals surface area contributed by atoms with Gasteiger partial charge in [-0.15, -0.1) is 0 Å². The fraction of sp³-hybridized carbons (Fsp3) is 0.238. The fourth-order valence-electron chi connectivity index (χ4n) is 3.04. The minimum absolute atomic E-state index is 0.0517. The van der Waals surface area contributed by atoms with Crippen LogP contribution in [0.2, 0.25) is 5.02 Å². The molecule has 0 saturated carbocycles. The molecule has 3 aromatic rings. The van der Waals surface area contributed by atoms with Gasteiger partial charge >= 0.3 is 0 Å². The summed E-state index contributed by atoms with van der Waals surface area (Å²) in [4.78, 5) is 12.2. The molecule has 1 aromatic heterocycles. The second kappa shape index (κ2) is 9.77. The molecular weight excluding hydrogens is 424 g/mol. The van der Waals surface area contributed by atoms with Gasteiger partial charge in [0.25, 0.3) is 10.0 Å². The topological polar surface area (TPSA) is 84.3 Å². The van der Waals surface area contributed by atoms with E-state index in [1.54, 1.807) is 48.1 Å². The molecule has 158 valence electrons. The lowest BCUT2D eigenvalue weighted by Gasteiger charge is -2.23. The Balaban J connectivity index is 1.74. The Bertz CT molecular complexity index is 1090. The number of hydrogen-bond donors (Lipinski definition) is 1. The van der Waals surface area contributed by atoms with Gasteiger partial charge in [-0.2, -0.15) is 5.10 Å². The van der Waals surface area contributed by atoms with Gasteiger partial charge in [0.15, 0.2) is 0 Å². The minimum atomic E-state index is -3.90. The van der Waals surface area contributed by atoms with Crippen LogP contribution in [0.4, 0.5) is 11.4 Å². The molecule has 1 N–H and O–H groups in total. The van der Waals surface area contributed by atoms with Crippen LogP contribution in [0.15, 0.2) is 71.9 Å². The molecule has 0 unspecified atom stereocenters. The lowest BCUT2D eigenvalue weighted by molar-refractivity contribution is -0.116. The number of nitrogens with one attached hydrogen (secondary N) is 1. The molecule has 1 heterocycles. The normalized spacial score (nSPS) is 11.3. The smallest absolute Gasteiger partial charge is 0.265 e. The number of hydrogen-bond acceptors (Lipinski definition) is 4. The van der Waals surface area contributed by atoms with E-state index in [-0.39, 0.29) is 28.8 Å². The zero-order valence-corrected chi connectivity index (χ0v) is 18.1. The summed E-state index contributed by atoms with van der Waals surface area (Å²) in [7, 11) is -3.90. The fourth-order valence-corrected chi connectivity index (χ4v) is 5.02. The molecule has 1 amide bonds. The van der Waals surface area contributed by atoms with Crippen molar-refractivity contribution < 1.29 is 13.2 Å². The van der Waals surface area contributed by atoms with Crippen LogP contribution in [0.5, 0.6) is 0 Å². The number of anilines is 2. The van der Waals surface area contributed by atoms with Crippen LogP contribution in [0.3, 0.4) is 0 Å². The number of benzene rings is 2. The van der Waals surface area contributed by atoms with Crippen LogP contribution in [-0.2, 0) is 21.4 Å². The molecule has 7 nitrogen and oxygen atoms in total. The molecule has 0 aliphatic rings. The zero-order valence-electron chi connectivity index (χ0n) is 16.5. The van der Waals surface area contributed by atoms with Gasteiger partial charge in [-0.3, -0.25) is 13.8 Å². The lowest BCUT2D eigenvalue weighted by Crippen LogP contribution is -2.31. The predicted octanol–water partition coefficient (Wildman–Crippen LogP) is 4.17. The Hall–Kier alpha value is -2.84. The monoisotopic (exact) mass is 446 g/mol. The standard InChI is InChI=1S/C21H23ClN4O3S/c1-2-26(18-8-4-3-5-9-18)30(28,29)20-16-17(11-12-19(20)22)24-21(27)10-6-14-25-15-7-13-23-25/h3-5,7-9,11-13,15-16H,2,6,10,14H2,1H3,(H,24,27). The highest BCUT2D eigenvalue weighted by atomic mass is 35.5. The molecule has 3 rings (SSSR count). The minimum Gasteiger partial charge on any atom is -0.326 e. The number of para-hydroxylation sites is 1. The van der Waals surface area contributed by atoms with Crippen LogP contribution < -0.4 is 9.62 Å². The van der Waals surface area contributed by atoms with E-state index in [4.69, 9.17) is 11.6 Å². The first kappa shape index (κ1) is 21.9. The van der Waals surface area contributed by atoms with Crippen molar-refractivity contribution in [2.45, 2.75) is 31.2 Å². The van der Waals surface area contributed by atoms with Gasteiger partial charge in [0.2, 0.25) is 5.91 Å². The van der Waals surface area contributed by atoms with E-state index in [9.17, 15) is 13.2 Å². The molecule has 2 aromatic carbocycles. The van der Waals surface area contributed by atoms with Crippen molar-refractivity contribution in [1.82, 2.24) is 9.78 Å². The van der Waals surface area contributed by atoms with Crippen LogP contribution in [0, 0.1) is 0 Å². The quantitative estimate of drug-likeness (QED) is 0.534. The molecule has 0 saturated heterocycles. The Morgan fingerprint density at radius 2 is 1.93 bits per heavy atom. The Kier molecular flexibility index (Phi) is 7.12. The second-order valence-corrected chi connectivity index (χ2v) is 8.81. The number of nitrogens with zero attached hydrogens (tertiary/aromatic N) is 3. The number of amides is 1. The molecule has 0 spiro atoms. The van der Waals surface area contributed by atoms with Gasteiger partial charge in [0.1, 0.15) is 4.90 Å². The summed E-state index contributed by atoms with van der Waals surface area (Å²) in [5, 5.41) is 6.94. The van der Waals surface area contributed by atoms with E-state index in [1.807, 2.05) is 18.3 Å². The van der Waals surface area contributed by atoms with Gasteiger partial charge in [0, 0.05) is 37.6 Å². The highest BCUT2D eigenvalue weighted by Crippen LogP contribution is 2.30. The van der Waals surface area contributed by atoms with Gasteiger partial charge in [0.05, 0.1) is 10.7 Å². The number of carbonyl (C=O) groups is 1. The maximum atomic E-state index is 13.2. The molecule has 0 aliphatic carbocycles. The van der Waals surface area contributed by atoms with Gasteiger partial charge in [-0.25, -0.2) is 8.42 Å². The summed E-state index contributed by atoms with van der Waals surface area (Å²) in [6.45, 7) is 2.62. The Labute approximate surface area is 181 Å². The van der Waals surface area contributed by atoms with Crippen molar-refractivity contribution in [1.29, 1.82) is 0 Å².